The van der Waals surface area contributed by atoms with Gasteiger partial charge in [0.05, 0.1) is 0 Å². The minimum atomic E-state index is 0.938. The molecule has 2 heteroatoms. The van der Waals surface area contributed by atoms with Crippen LogP contribution in [0.5, 0.6) is 0 Å². The number of pyridine rings is 1. The first-order valence-corrected chi connectivity index (χ1v) is 5.27. The maximum absolute atomic E-state index is 4.09. The molecule has 0 N–H and O–H groups in total. The molecule has 1 nitrogen and oxygen atoms in total. The normalized spacial score (nSPS) is 10.1. The molecule has 2 aromatic rings. The van der Waals surface area contributed by atoms with Gasteiger partial charge in [0.15, 0.2) is 0 Å². The fourth-order valence-electron chi connectivity index (χ4n) is 1.39. The van der Waals surface area contributed by atoms with Crippen molar-refractivity contribution in [2.24, 2.45) is 0 Å². The van der Waals surface area contributed by atoms with E-state index in [1.807, 2.05) is 18.3 Å². The number of hydrogen-bond donors (Lipinski definition) is 0. The highest BCUT2D eigenvalue weighted by molar-refractivity contribution is 9.10. The topological polar surface area (TPSA) is 12.9 Å². The van der Waals surface area contributed by atoms with Crippen LogP contribution in [0.4, 0.5) is 0 Å². The van der Waals surface area contributed by atoms with E-state index in [2.05, 4.69) is 45.2 Å². The predicted molar refractivity (Wildman–Crippen MR) is 61.2 cm³/mol. The first-order chi connectivity index (χ1) is 6.84. The van der Waals surface area contributed by atoms with Crippen LogP contribution >= 0.6 is 15.9 Å². The Morgan fingerprint density at radius 2 is 1.93 bits per heavy atom. The summed E-state index contributed by atoms with van der Waals surface area (Å²) in [5.41, 5.74) is 2.54. The molecule has 0 unspecified atom stereocenters. The molecule has 14 heavy (non-hydrogen) atoms. The lowest BCUT2D eigenvalue weighted by Gasteiger charge is -2.01. The van der Waals surface area contributed by atoms with E-state index in [9.17, 15) is 0 Å². The molecule has 0 aliphatic heterocycles. The van der Waals surface area contributed by atoms with E-state index in [1.165, 1.54) is 11.1 Å². The molecule has 0 atom stereocenters. The van der Waals surface area contributed by atoms with Gasteiger partial charge in [-0.2, -0.15) is 0 Å². The van der Waals surface area contributed by atoms with Gasteiger partial charge in [-0.15, -0.1) is 0 Å². The fourth-order valence-corrected chi connectivity index (χ4v) is 1.83. The molecule has 0 bridgehead atoms. The Labute approximate surface area is 91.9 Å². The van der Waals surface area contributed by atoms with Crippen LogP contribution in [0.3, 0.4) is 0 Å². The molecule has 0 fully saturated rings. The Hall–Kier alpha value is -1.15. The molecule has 0 saturated heterocycles. The largest absolute Gasteiger partial charge is 0.264 e. The van der Waals surface area contributed by atoms with Crippen LogP contribution in [-0.4, -0.2) is 4.98 Å². The molecular formula is C12H10BrN. The Balaban J connectivity index is 2.19. The first-order valence-electron chi connectivity index (χ1n) is 4.48. The summed E-state index contributed by atoms with van der Waals surface area (Å²) >= 11 is 3.46. The summed E-state index contributed by atoms with van der Waals surface area (Å²) in [6.07, 6.45) is 4.64. The molecule has 2 rings (SSSR count). The molecule has 1 heterocycles. The zero-order valence-electron chi connectivity index (χ0n) is 7.65. The minimum Gasteiger partial charge on any atom is -0.264 e. The average molecular weight is 248 g/mol. The summed E-state index contributed by atoms with van der Waals surface area (Å²) in [7, 11) is 0. The highest BCUT2D eigenvalue weighted by atomic mass is 79.9. The van der Waals surface area contributed by atoms with Gasteiger partial charge in [0.2, 0.25) is 0 Å². The van der Waals surface area contributed by atoms with Crippen molar-refractivity contribution in [3.8, 4) is 0 Å². The van der Waals surface area contributed by atoms with Gasteiger partial charge in [0.1, 0.15) is 0 Å². The highest BCUT2D eigenvalue weighted by Gasteiger charge is 1.96. The number of aromatic nitrogens is 1. The van der Waals surface area contributed by atoms with E-state index in [1.54, 1.807) is 6.20 Å². The zero-order valence-corrected chi connectivity index (χ0v) is 9.24. The molecule has 0 aliphatic rings. The smallest absolute Gasteiger partial charge is 0.0303 e. The summed E-state index contributed by atoms with van der Waals surface area (Å²) in [6, 6.07) is 12.4. The van der Waals surface area contributed by atoms with E-state index in [0.717, 1.165) is 10.9 Å². The van der Waals surface area contributed by atoms with E-state index >= 15 is 0 Å². The summed E-state index contributed by atoms with van der Waals surface area (Å²) in [4.78, 5) is 4.09. The Kier molecular flexibility index (Phi) is 2.94. The van der Waals surface area contributed by atoms with Crippen molar-refractivity contribution in [3.05, 3.63) is 64.4 Å². The van der Waals surface area contributed by atoms with Crippen LogP contribution in [0.15, 0.2) is 53.3 Å². The molecule has 0 radical (unpaired) electrons. The number of benzene rings is 1. The lowest BCUT2D eigenvalue weighted by molar-refractivity contribution is 1.14. The second kappa shape index (κ2) is 4.38. The molecule has 0 aliphatic carbocycles. The standard InChI is InChI=1S/C12H10BrN/c13-12-5-1-3-10(8-12)7-11-4-2-6-14-9-11/h1-6,8-9H,7H2. The van der Waals surface area contributed by atoms with E-state index < -0.39 is 0 Å². The van der Waals surface area contributed by atoms with Crippen molar-refractivity contribution in [2.75, 3.05) is 0 Å². The summed E-state index contributed by atoms with van der Waals surface area (Å²) in [5, 5.41) is 0. The van der Waals surface area contributed by atoms with Gasteiger partial charge in [0.25, 0.3) is 0 Å². The lowest BCUT2D eigenvalue weighted by Crippen LogP contribution is -1.88. The number of hydrogen-bond acceptors (Lipinski definition) is 1. The molecule has 1 aromatic carbocycles. The number of nitrogens with zero attached hydrogens (tertiary/aromatic N) is 1. The zero-order chi connectivity index (χ0) is 9.80. The molecule has 0 saturated carbocycles. The van der Waals surface area contributed by atoms with Crippen molar-refractivity contribution >= 4 is 15.9 Å². The van der Waals surface area contributed by atoms with Crippen molar-refractivity contribution in [1.82, 2.24) is 4.98 Å². The number of rotatable bonds is 2. The maximum Gasteiger partial charge on any atom is 0.0303 e. The number of halogens is 1. The molecule has 0 spiro atoms. The van der Waals surface area contributed by atoms with Crippen LogP contribution < -0.4 is 0 Å². The average Bonchev–Trinajstić information content (AvgIpc) is 2.19. The third-order valence-corrected chi connectivity index (χ3v) is 2.51. The van der Waals surface area contributed by atoms with Gasteiger partial charge >= 0.3 is 0 Å². The van der Waals surface area contributed by atoms with Crippen molar-refractivity contribution in [2.45, 2.75) is 6.42 Å². The maximum atomic E-state index is 4.09. The van der Waals surface area contributed by atoms with Gasteiger partial charge in [-0.1, -0.05) is 34.1 Å². The van der Waals surface area contributed by atoms with Gasteiger partial charge in [-0.3, -0.25) is 4.98 Å². The second-order valence-corrected chi connectivity index (χ2v) is 4.08. The Morgan fingerprint density at radius 1 is 1.07 bits per heavy atom. The van der Waals surface area contributed by atoms with Crippen LogP contribution in [0.25, 0.3) is 0 Å². The van der Waals surface area contributed by atoms with Crippen molar-refractivity contribution in [3.63, 3.8) is 0 Å². The van der Waals surface area contributed by atoms with Crippen molar-refractivity contribution in [1.29, 1.82) is 0 Å². The van der Waals surface area contributed by atoms with Gasteiger partial charge in [-0.05, 0) is 35.7 Å². The minimum absolute atomic E-state index is 0.938. The van der Waals surface area contributed by atoms with E-state index in [0.29, 0.717) is 0 Å². The quantitative estimate of drug-likeness (QED) is 0.793. The molecular weight excluding hydrogens is 238 g/mol. The second-order valence-electron chi connectivity index (χ2n) is 3.17. The van der Waals surface area contributed by atoms with Crippen LogP contribution in [0, 0.1) is 0 Å². The van der Waals surface area contributed by atoms with Gasteiger partial charge < -0.3 is 0 Å². The van der Waals surface area contributed by atoms with E-state index in [4.69, 9.17) is 0 Å². The third kappa shape index (κ3) is 2.42. The Morgan fingerprint density at radius 3 is 2.64 bits per heavy atom. The summed E-state index contributed by atoms with van der Waals surface area (Å²) in [6.45, 7) is 0. The SMILES string of the molecule is Brc1cccc(Cc2cccnc2)c1. The lowest BCUT2D eigenvalue weighted by atomic mass is 10.1. The van der Waals surface area contributed by atoms with E-state index in [-0.39, 0.29) is 0 Å². The van der Waals surface area contributed by atoms with Crippen LogP contribution in [0.1, 0.15) is 11.1 Å². The Bertz CT molecular complexity index is 412. The van der Waals surface area contributed by atoms with Gasteiger partial charge in [0, 0.05) is 16.9 Å². The molecule has 1 aromatic heterocycles. The monoisotopic (exact) mass is 247 g/mol. The third-order valence-electron chi connectivity index (χ3n) is 2.02. The van der Waals surface area contributed by atoms with Gasteiger partial charge in [-0.25, -0.2) is 0 Å². The molecule has 0 amide bonds. The van der Waals surface area contributed by atoms with Crippen LogP contribution in [0.2, 0.25) is 0 Å². The summed E-state index contributed by atoms with van der Waals surface area (Å²) < 4.78 is 1.12. The molecule has 70 valence electrons. The highest BCUT2D eigenvalue weighted by Crippen LogP contribution is 2.14. The van der Waals surface area contributed by atoms with Crippen LogP contribution in [-0.2, 0) is 6.42 Å². The summed E-state index contributed by atoms with van der Waals surface area (Å²) in [5.74, 6) is 0. The first kappa shape index (κ1) is 9.41. The predicted octanol–water partition coefficient (Wildman–Crippen LogP) is 3.43. The fraction of sp³-hybridized carbons (Fsp3) is 0.0833. The van der Waals surface area contributed by atoms with Crippen molar-refractivity contribution < 1.29 is 0 Å².